The van der Waals surface area contributed by atoms with Crippen LogP contribution in [0.25, 0.3) is 0 Å². The molecule has 0 aliphatic heterocycles. The molecule has 1 amide bonds. The molecule has 8 heteroatoms. The maximum absolute atomic E-state index is 12.7. The van der Waals surface area contributed by atoms with E-state index in [0.717, 1.165) is 11.4 Å². The Morgan fingerprint density at radius 3 is 2.41 bits per heavy atom. The van der Waals surface area contributed by atoms with Gasteiger partial charge in [-0.3, -0.25) is 14.3 Å². The van der Waals surface area contributed by atoms with E-state index in [2.05, 4.69) is 15.6 Å². The number of hydrogen-bond donors (Lipinski definition) is 1. The third-order valence-corrected chi connectivity index (χ3v) is 4.90. The molecule has 0 saturated carbocycles. The van der Waals surface area contributed by atoms with Crippen molar-refractivity contribution in [2.75, 3.05) is 5.32 Å². The maximum Gasteiger partial charge on any atom is 0.278 e. The van der Waals surface area contributed by atoms with Gasteiger partial charge in [0.2, 0.25) is 0 Å². The maximum atomic E-state index is 12.7. The molecule has 0 spiro atoms. The number of aryl methyl sites for hydroxylation is 2. The molecular weight excluding hydrogens is 368 g/mol. The number of anilines is 1. The SMILES string of the molecule is CC(=O)c1ccc(NC(=O)c2noc(C)c2Cn2nc(C)c(Cl)c2C)cc1. The molecule has 2 heterocycles. The Bertz CT molecular complexity index is 1020. The molecule has 3 rings (SSSR count). The van der Waals surface area contributed by atoms with E-state index < -0.39 is 5.91 Å². The molecule has 1 N–H and O–H groups in total. The number of nitrogens with zero attached hydrogens (tertiary/aromatic N) is 3. The van der Waals surface area contributed by atoms with Crippen LogP contribution < -0.4 is 5.32 Å². The summed E-state index contributed by atoms with van der Waals surface area (Å²) in [6, 6.07) is 6.65. The number of aromatic nitrogens is 3. The van der Waals surface area contributed by atoms with E-state index >= 15 is 0 Å². The topological polar surface area (TPSA) is 90.0 Å². The van der Waals surface area contributed by atoms with Gasteiger partial charge in [0.05, 0.1) is 23.0 Å². The van der Waals surface area contributed by atoms with Crippen molar-refractivity contribution in [3.63, 3.8) is 0 Å². The van der Waals surface area contributed by atoms with Gasteiger partial charge in [0.1, 0.15) is 5.76 Å². The first kappa shape index (κ1) is 18.8. The second-order valence-electron chi connectivity index (χ2n) is 6.30. The number of hydrogen-bond acceptors (Lipinski definition) is 5. The number of ketones is 1. The highest BCUT2D eigenvalue weighted by Crippen LogP contribution is 2.22. The van der Waals surface area contributed by atoms with Gasteiger partial charge in [0.25, 0.3) is 5.91 Å². The summed E-state index contributed by atoms with van der Waals surface area (Å²) in [5.74, 6) is 0.103. The highest BCUT2D eigenvalue weighted by molar-refractivity contribution is 6.31. The van der Waals surface area contributed by atoms with Crippen molar-refractivity contribution >= 4 is 29.0 Å². The zero-order valence-electron chi connectivity index (χ0n) is 15.5. The van der Waals surface area contributed by atoms with E-state index in [1.54, 1.807) is 35.9 Å². The Morgan fingerprint density at radius 1 is 1.19 bits per heavy atom. The molecule has 0 unspecified atom stereocenters. The van der Waals surface area contributed by atoms with E-state index in [4.69, 9.17) is 16.1 Å². The zero-order valence-corrected chi connectivity index (χ0v) is 16.2. The van der Waals surface area contributed by atoms with Gasteiger partial charge in [-0.2, -0.15) is 5.10 Å². The van der Waals surface area contributed by atoms with Gasteiger partial charge in [-0.25, -0.2) is 0 Å². The third-order valence-electron chi connectivity index (χ3n) is 4.35. The first-order chi connectivity index (χ1) is 12.8. The first-order valence-corrected chi connectivity index (χ1v) is 8.72. The van der Waals surface area contributed by atoms with E-state index in [1.165, 1.54) is 6.92 Å². The fraction of sp³-hybridized carbons (Fsp3) is 0.263. The van der Waals surface area contributed by atoms with Crippen molar-refractivity contribution in [2.24, 2.45) is 0 Å². The van der Waals surface area contributed by atoms with Crippen LogP contribution >= 0.6 is 11.6 Å². The molecule has 1 aromatic carbocycles. The average molecular weight is 387 g/mol. The number of halogens is 1. The van der Waals surface area contributed by atoms with Gasteiger partial charge in [-0.1, -0.05) is 16.8 Å². The van der Waals surface area contributed by atoms with Gasteiger partial charge in [0, 0.05) is 16.8 Å². The lowest BCUT2D eigenvalue weighted by Crippen LogP contribution is -2.16. The van der Waals surface area contributed by atoms with Gasteiger partial charge in [-0.05, 0) is 52.0 Å². The molecule has 0 saturated heterocycles. The molecule has 3 aromatic rings. The minimum absolute atomic E-state index is 0.0363. The summed E-state index contributed by atoms with van der Waals surface area (Å²) in [7, 11) is 0. The predicted octanol–water partition coefficient (Wildman–Crippen LogP) is 3.95. The quantitative estimate of drug-likeness (QED) is 0.670. The summed E-state index contributed by atoms with van der Waals surface area (Å²) in [6.07, 6.45) is 0. The summed E-state index contributed by atoms with van der Waals surface area (Å²) in [6.45, 7) is 7.24. The lowest BCUT2D eigenvalue weighted by Gasteiger charge is -2.07. The van der Waals surface area contributed by atoms with Crippen LogP contribution in [0.2, 0.25) is 5.02 Å². The Morgan fingerprint density at radius 2 is 1.85 bits per heavy atom. The molecule has 7 nitrogen and oxygen atoms in total. The fourth-order valence-electron chi connectivity index (χ4n) is 2.71. The molecule has 0 atom stereocenters. The molecule has 0 fully saturated rings. The first-order valence-electron chi connectivity index (χ1n) is 8.35. The number of nitrogens with one attached hydrogen (secondary N) is 1. The van der Waals surface area contributed by atoms with Crippen molar-refractivity contribution in [3.8, 4) is 0 Å². The van der Waals surface area contributed by atoms with Crippen LogP contribution in [0, 0.1) is 20.8 Å². The summed E-state index contributed by atoms with van der Waals surface area (Å²) in [4.78, 5) is 24.0. The molecular formula is C19H19ClN4O3. The number of benzene rings is 1. The second kappa shape index (κ2) is 7.36. The number of carbonyl (C=O) groups excluding carboxylic acids is 2. The molecule has 0 aliphatic rings. The predicted molar refractivity (Wildman–Crippen MR) is 101 cm³/mol. The molecule has 0 bridgehead atoms. The molecule has 27 heavy (non-hydrogen) atoms. The van der Waals surface area contributed by atoms with E-state index in [0.29, 0.717) is 34.1 Å². The van der Waals surface area contributed by atoms with Gasteiger partial charge in [-0.15, -0.1) is 0 Å². The lowest BCUT2D eigenvalue weighted by molar-refractivity contribution is 0.101. The van der Waals surface area contributed by atoms with E-state index in [9.17, 15) is 9.59 Å². The molecule has 0 aliphatic carbocycles. The Balaban J connectivity index is 1.83. The van der Waals surface area contributed by atoms with Crippen molar-refractivity contribution in [2.45, 2.75) is 34.2 Å². The third kappa shape index (κ3) is 3.78. The van der Waals surface area contributed by atoms with Crippen LogP contribution in [0.1, 0.15) is 50.5 Å². The summed E-state index contributed by atoms with van der Waals surface area (Å²) < 4.78 is 6.94. The number of rotatable bonds is 5. The summed E-state index contributed by atoms with van der Waals surface area (Å²) in [5, 5.41) is 11.6. The van der Waals surface area contributed by atoms with Crippen LogP contribution in [-0.4, -0.2) is 26.6 Å². The lowest BCUT2D eigenvalue weighted by atomic mass is 10.1. The minimum Gasteiger partial charge on any atom is -0.361 e. The second-order valence-corrected chi connectivity index (χ2v) is 6.67. The van der Waals surface area contributed by atoms with Crippen molar-refractivity contribution in [1.82, 2.24) is 14.9 Å². The van der Waals surface area contributed by atoms with E-state index in [1.807, 2.05) is 13.8 Å². The molecule has 2 aromatic heterocycles. The fourth-order valence-corrected chi connectivity index (χ4v) is 2.85. The van der Waals surface area contributed by atoms with Crippen LogP contribution in [0.15, 0.2) is 28.8 Å². The number of Topliss-reactive ketones (excluding diaryl/α,β-unsaturated/α-hetero) is 1. The van der Waals surface area contributed by atoms with Crippen molar-refractivity contribution in [1.29, 1.82) is 0 Å². The van der Waals surface area contributed by atoms with Gasteiger partial charge < -0.3 is 9.84 Å². The van der Waals surface area contributed by atoms with E-state index in [-0.39, 0.29) is 11.5 Å². The van der Waals surface area contributed by atoms with Gasteiger partial charge in [0.15, 0.2) is 11.5 Å². The smallest absolute Gasteiger partial charge is 0.278 e. The van der Waals surface area contributed by atoms with Crippen LogP contribution in [0.3, 0.4) is 0 Å². The Labute approximate surface area is 161 Å². The Kier molecular flexibility index (Phi) is 5.14. The zero-order chi connectivity index (χ0) is 19.7. The highest BCUT2D eigenvalue weighted by atomic mass is 35.5. The molecule has 140 valence electrons. The van der Waals surface area contributed by atoms with Crippen LogP contribution in [0.4, 0.5) is 5.69 Å². The molecule has 0 radical (unpaired) electrons. The van der Waals surface area contributed by atoms with Crippen molar-refractivity contribution < 1.29 is 14.1 Å². The standard InChI is InChI=1S/C19H19ClN4O3/c1-10-17(20)11(2)24(22-10)9-16-13(4)27-23-18(16)19(26)21-15-7-5-14(6-8-15)12(3)25/h5-8H,9H2,1-4H3,(H,21,26). The van der Waals surface area contributed by atoms with Gasteiger partial charge >= 0.3 is 0 Å². The largest absolute Gasteiger partial charge is 0.361 e. The normalized spacial score (nSPS) is 10.9. The monoisotopic (exact) mass is 386 g/mol. The summed E-state index contributed by atoms with van der Waals surface area (Å²) >= 11 is 6.20. The Hall–Kier alpha value is -2.93. The summed E-state index contributed by atoms with van der Waals surface area (Å²) in [5.41, 5.74) is 3.49. The highest BCUT2D eigenvalue weighted by Gasteiger charge is 2.22. The van der Waals surface area contributed by atoms with Crippen molar-refractivity contribution in [3.05, 3.63) is 63.3 Å². The van der Waals surface area contributed by atoms with Crippen LogP contribution in [-0.2, 0) is 6.54 Å². The average Bonchev–Trinajstić information content (AvgIpc) is 3.11. The number of amides is 1. The number of carbonyl (C=O) groups is 2. The minimum atomic E-state index is -0.398. The van der Waals surface area contributed by atoms with Crippen LogP contribution in [0.5, 0.6) is 0 Å².